The first-order chi connectivity index (χ1) is 12.1. The number of nitrogens with zero attached hydrogens (tertiary/aromatic N) is 3. The second kappa shape index (κ2) is 8.25. The molecule has 1 aliphatic rings. The Kier molecular flexibility index (Phi) is 5.81. The van der Waals surface area contributed by atoms with Gasteiger partial charge in [0.2, 0.25) is 11.8 Å². The third-order valence-corrected chi connectivity index (χ3v) is 4.43. The highest BCUT2D eigenvalue weighted by atomic mass is 16.5. The predicted octanol–water partition coefficient (Wildman–Crippen LogP) is 3.12. The highest BCUT2D eigenvalue weighted by molar-refractivity contribution is 5.77. The molecule has 0 radical (unpaired) electrons. The van der Waals surface area contributed by atoms with Crippen molar-refractivity contribution in [1.82, 2.24) is 15.0 Å². The van der Waals surface area contributed by atoms with Crippen molar-refractivity contribution in [3.8, 4) is 0 Å². The molecule has 1 aliphatic heterocycles. The lowest BCUT2D eigenvalue weighted by atomic mass is 9.97. The molecule has 3 rings (SSSR count). The summed E-state index contributed by atoms with van der Waals surface area (Å²) < 4.78 is 10.9. The number of benzene rings is 1. The quantitative estimate of drug-likeness (QED) is 0.806. The highest BCUT2D eigenvalue weighted by Gasteiger charge is 2.28. The molecular formula is C19H25N3O3. The van der Waals surface area contributed by atoms with Crippen molar-refractivity contribution in [3.05, 3.63) is 47.6 Å². The summed E-state index contributed by atoms with van der Waals surface area (Å²) in [5, 5.41) is 4.10. The first kappa shape index (κ1) is 17.6. The third-order valence-electron chi connectivity index (χ3n) is 4.43. The van der Waals surface area contributed by atoms with Gasteiger partial charge < -0.3 is 14.2 Å². The predicted molar refractivity (Wildman–Crippen MR) is 93.0 cm³/mol. The summed E-state index contributed by atoms with van der Waals surface area (Å²) in [5.74, 6) is 1.75. The Balaban J connectivity index is 1.50. The monoisotopic (exact) mass is 343 g/mol. The van der Waals surface area contributed by atoms with Crippen molar-refractivity contribution in [1.29, 1.82) is 0 Å². The first-order valence-corrected chi connectivity index (χ1v) is 8.86. The maximum Gasteiger partial charge on any atom is 0.248 e. The normalized spacial score (nSPS) is 17.9. The van der Waals surface area contributed by atoms with Gasteiger partial charge in [0.25, 0.3) is 0 Å². The lowest BCUT2D eigenvalue weighted by Crippen LogP contribution is -2.41. The molecular weight excluding hydrogens is 318 g/mol. The lowest BCUT2D eigenvalue weighted by molar-refractivity contribution is -0.137. The van der Waals surface area contributed by atoms with Crippen LogP contribution >= 0.6 is 0 Å². The van der Waals surface area contributed by atoms with E-state index in [9.17, 15) is 4.79 Å². The Hall–Kier alpha value is -2.21. The minimum absolute atomic E-state index is 0.0215. The van der Waals surface area contributed by atoms with E-state index in [4.69, 9.17) is 9.26 Å². The van der Waals surface area contributed by atoms with Crippen LogP contribution in [-0.4, -0.2) is 40.6 Å². The number of piperidine rings is 1. The minimum atomic E-state index is 0.0215. The van der Waals surface area contributed by atoms with Gasteiger partial charge in [0.15, 0.2) is 5.82 Å². The van der Waals surface area contributed by atoms with Crippen molar-refractivity contribution in [2.45, 2.75) is 45.1 Å². The molecule has 1 saturated heterocycles. The van der Waals surface area contributed by atoms with Gasteiger partial charge in [-0.25, -0.2) is 0 Å². The summed E-state index contributed by atoms with van der Waals surface area (Å²) in [6.45, 7) is 6.00. The molecule has 2 heterocycles. The topological polar surface area (TPSA) is 68.5 Å². The van der Waals surface area contributed by atoms with E-state index < -0.39 is 0 Å². The molecule has 134 valence electrons. The number of hydrogen-bond donors (Lipinski definition) is 0. The largest absolute Gasteiger partial charge is 0.367 e. The lowest BCUT2D eigenvalue weighted by Gasteiger charge is -2.31. The second-order valence-corrected chi connectivity index (χ2v) is 6.80. The van der Waals surface area contributed by atoms with Gasteiger partial charge in [0.1, 0.15) is 6.61 Å². The summed E-state index contributed by atoms with van der Waals surface area (Å²) in [6, 6.07) is 9.87. The molecule has 1 unspecified atom stereocenters. The number of likely N-dealkylation sites (tertiary alicyclic amines) is 1. The first-order valence-electron chi connectivity index (χ1n) is 8.86. The number of carbonyl (C=O) groups is 1. The minimum Gasteiger partial charge on any atom is -0.367 e. The number of aromatic nitrogens is 2. The van der Waals surface area contributed by atoms with Gasteiger partial charge in [-0.05, 0) is 18.4 Å². The van der Waals surface area contributed by atoms with Crippen LogP contribution in [-0.2, 0) is 16.1 Å². The average molecular weight is 343 g/mol. The summed E-state index contributed by atoms with van der Waals surface area (Å²) in [5.41, 5.74) is 1.07. The molecule has 6 nitrogen and oxygen atoms in total. The molecule has 6 heteroatoms. The molecule has 0 spiro atoms. The molecule has 1 fully saturated rings. The second-order valence-electron chi connectivity index (χ2n) is 6.80. The van der Waals surface area contributed by atoms with Crippen LogP contribution in [0.1, 0.15) is 55.8 Å². The van der Waals surface area contributed by atoms with Crippen molar-refractivity contribution < 1.29 is 14.1 Å². The summed E-state index contributed by atoms with van der Waals surface area (Å²) in [4.78, 5) is 18.7. The number of ether oxygens (including phenoxy) is 1. The fourth-order valence-electron chi connectivity index (χ4n) is 2.98. The molecule has 0 bridgehead atoms. The molecule has 2 aromatic rings. The van der Waals surface area contributed by atoms with E-state index in [0.29, 0.717) is 24.9 Å². The van der Waals surface area contributed by atoms with Crippen LogP contribution in [0.15, 0.2) is 34.9 Å². The Morgan fingerprint density at radius 3 is 2.88 bits per heavy atom. The summed E-state index contributed by atoms with van der Waals surface area (Å²) in [6.07, 6.45) is 1.92. The SMILES string of the molecule is CC(C)c1nc(C2CCCN(C(=O)COCc3ccccc3)C2)no1. The van der Waals surface area contributed by atoms with Crippen LogP contribution in [0.2, 0.25) is 0 Å². The summed E-state index contributed by atoms with van der Waals surface area (Å²) >= 11 is 0. The van der Waals surface area contributed by atoms with Crippen molar-refractivity contribution in [3.63, 3.8) is 0 Å². The zero-order valence-corrected chi connectivity index (χ0v) is 14.9. The standard InChI is InChI=1S/C19H25N3O3/c1-14(2)19-20-18(21-25-19)16-9-6-10-22(11-16)17(23)13-24-12-15-7-4-3-5-8-15/h3-5,7-8,14,16H,6,9-13H2,1-2H3. The Morgan fingerprint density at radius 1 is 1.36 bits per heavy atom. The zero-order valence-electron chi connectivity index (χ0n) is 14.9. The Bertz CT molecular complexity index is 684. The zero-order chi connectivity index (χ0) is 17.6. The van der Waals surface area contributed by atoms with Crippen molar-refractivity contribution >= 4 is 5.91 Å². The van der Waals surface area contributed by atoms with Crippen LogP contribution in [0.5, 0.6) is 0 Å². The van der Waals surface area contributed by atoms with Gasteiger partial charge in [-0.2, -0.15) is 4.98 Å². The average Bonchev–Trinajstić information content (AvgIpc) is 3.13. The van der Waals surface area contributed by atoms with Crippen molar-refractivity contribution in [2.75, 3.05) is 19.7 Å². The smallest absolute Gasteiger partial charge is 0.248 e. The highest BCUT2D eigenvalue weighted by Crippen LogP contribution is 2.26. The van der Waals surface area contributed by atoms with Crippen LogP contribution in [0.3, 0.4) is 0 Å². The van der Waals surface area contributed by atoms with E-state index in [1.165, 1.54) is 0 Å². The van der Waals surface area contributed by atoms with E-state index in [-0.39, 0.29) is 24.3 Å². The van der Waals surface area contributed by atoms with Crippen LogP contribution in [0, 0.1) is 0 Å². The maximum atomic E-state index is 12.4. The molecule has 1 amide bonds. The molecule has 0 saturated carbocycles. The van der Waals surface area contributed by atoms with E-state index >= 15 is 0 Å². The molecule has 1 aromatic heterocycles. The van der Waals surface area contributed by atoms with Gasteiger partial charge in [0.05, 0.1) is 6.61 Å². The molecule has 0 aliphatic carbocycles. The van der Waals surface area contributed by atoms with Gasteiger partial charge in [0, 0.05) is 24.9 Å². The van der Waals surface area contributed by atoms with Gasteiger partial charge in [-0.3, -0.25) is 4.79 Å². The van der Waals surface area contributed by atoms with E-state index in [1.54, 1.807) is 0 Å². The fourth-order valence-corrected chi connectivity index (χ4v) is 2.98. The molecule has 1 aromatic carbocycles. The number of amides is 1. The van der Waals surface area contributed by atoms with Crippen molar-refractivity contribution in [2.24, 2.45) is 0 Å². The van der Waals surface area contributed by atoms with Gasteiger partial charge >= 0.3 is 0 Å². The third kappa shape index (κ3) is 4.66. The fraction of sp³-hybridized carbons (Fsp3) is 0.526. The van der Waals surface area contributed by atoms with Crippen LogP contribution in [0.4, 0.5) is 0 Å². The van der Waals surface area contributed by atoms with Gasteiger partial charge in [-0.15, -0.1) is 0 Å². The molecule has 25 heavy (non-hydrogen) atoms. The Morgan fingerprint density at radius 2 is 2.16 bits per heavy atom. The number of rotatable bonds is 6. The van der Waals surface area contributed by atoms with Gasteiger partial charge in [-0.1, -0.05) is 49.3 Å². The van der Waals surface area contributed by atoms with E-state index in [2.05, 4.69) is 10.1 Å². The number of carbonyl (C=O) groups excluding carboxylic acids is 1. The van der Waals surface area contributed by atoms with Crippen LogP contribution < -0.4 is 0 Å². The Labute approximate surface area is 148 Å². The maximum absolute atomic E-state index is 12.4. The van der Waals surface area contributed by atoms with E-state index in [0.717, 1.165) is 24.9 Å². The molecule has 0 N–H and O–H groups in total. The number of hydrogen-bond acceptors (Lipinski definition) is 5. The molecule has 1 atom stereocenters. The summed E-state index contributed by atoms with van der Waals surface area (Å²) in [7, 11) is 0. The van der Waals surface area contributed by atoms with E-state index in [1.807, 2.05) is 49.1 Å². The van der Waals surface area contributed by atoms with Crippen LogP contribution in [0.25, 0.3) is 0 Å².